The van der Waals surface area contributed by atoms with E-state index in [-0.39, 0.29) is 17.7 Å². The molecule has 0 aromatic heterocycles. The van der Waals surface area contributed by atoms with Crippen molar-refractivity contribution in [1.29, 1.82) is 0 Å². The first-order valence-electron chi connectivity index (χ1n) is 7.87. The Labute approximate surface area is 141 Å². The maximum atomic E-state index is 12.2. The number of hydrogen-bond donors (Lipinski definition) is 1. The summed E-state index contributed by atoms with van der Waals surface area (Å²) >= 11 is 5.99. The Bertz CT molecular complexity index is 563. The van der Waals surface area contributed by atoms with Gasteiger partial charge in [0.1, 0.15) is 5.75 Å². The van der Waals surface area contributed by atoms with E-state index in [4.69, 9.17) is 21.4 Å². The number of piperidine rings is 1. The topological polar surface area (TPSA) is 66.8 Å². The van der Waals surface area contributed by atoms with E-state index < -0.39 is 5.97 Å². The second-order valence-electron chi connectivity index (χ2n) is 5.93. The molecule has 23 heavy (non-hydrogen) atoms. The third-order valence-corrected chi connectivity index (χ3v) is 4.52. The van der Waals surface area contributed by atoms with Crippen LogP contribution in [-0.2, 0) is 9.59 Å². The van der Waals surface area contributed by atoms with Gasteiger partial charge in [-0.1, -0.05) is 30.7 Å². The standard InChI is InChI=1S/C17H22ClNO4/c1-12-11-19(9-8-13(12)17(21)22)16(20)7-4-10-23-15-6-3-2-5-14(15)18/h2-3,5-6,12-13H,4,7-11H2,1H3,(H,21,22). The molecular weight excluding hydrogens is 318 g/mol. The number of halogens is 1. The summed E-state index contributed by atoms with van der Waals surface area (Å²) in [4.78, 5) is 25.0. The molecule has 2 unspecified atom stereocenters. The van der Waals surface area contributed by atoms with Crippen LogP contribution in [0.5, 0.6) is 5.75 Å². The van der Waals surface area contributed by atoms with Gasteiger partial charge in [0.15, 0.2) is 0 Å². The Morgan fingerprint density at radius 1 is 1.39 bits per heavy atom. The number of para-hydroxylation sites is 1. The normalized spacial score (nSPS) is 21.0. The molecule has 5 nitrogen and oxygen atoms in total. The first kappa shape index (κ1) is 17.6. The summed E-state index contributed by atoms with van der Waals surface area (Å²) < 4.78 is 5.56. The monoisotopic (exact) mass is 339 g/mol. The molecule has 0 saturated carbocycles. The second-order valence-corrected chi connectivity index (χ2v) is 6.34. The number of hydrogen-bond acceptors (Lipinski definition) is 3. The average molecular weight is 340 g/mol. The number of ether oxygens (including phenoxy) is 1. The zero-order valence-electron chi connectivity index (χ0n) is 13.2. The van der Waals surface area contributed by atoms with Crippen molar-refractivity contribution in [2.75, 3.05) is 19.7 Å². The molecule has 1 N–H and O–H groups in total. The van der Waals surface area contributed by atoms with Crippen molar-refractivity contribution in [3.63, 3.8) is 0 Å². The van der Waals surface area contributed by atoms with Crippen molar-refractivity contribution >= 4 is 23.5 Å². The fourth-order valence-electron chi connectivity index (χ4n) is 2.86. The summed E-state index contributed by atoms with van der Waals surface area (Å²) in [7, 11) is 0. The van der Waals surface area contributed by atoms with Crippen LogP contribution in [0.3, 0.4) is 0 Å². The van der Waals surface area contributed by atoms with Gasteiger partial charge in [-0.3, -0.25) is 9.59 Å². The largest absolute Gasteiger partial charge is 0.492 e. The van der Waals surface area contributed by atoms with Gasteiger partial charge < -0.3 is 14.7 Å². The van der Waals surface area contributed by atoms with E-state index in [0.29, 0.717) is 49.7 Å². The summed E-state index contributed by atoms with van der Waals surface area (Å²) in [6.07, 6.45) is 1.53. The highest BCUT2D eigenvalue weighted by molar-refractivity contribution is 6.32. The van der Waals surface area contributed by atoms with Crippen molar-refractivity contribution in [2.45, 2.75) is 26.2 Å². The third kappa shape index (κ3) is 4.86. The molecule has 0 spiro atoms. The minimum atomic E-state index is -0.766. The summed E-state index contributed by atoms with van der Waals surface area (Å²) in [5.74, 6) is -0.439. The number of benzene rings is 1. The van der Waals surface area contributed by atoms with E-state index in [1.807, 2.05) is 19.1 Å². The van der Waals surface area contributed by atoms with E-state index in [9.17, 15) is 9.59 Å². The van der Waals surface area contributed by atoms with Crippen LogP contribution in [0, 0.1) is 11.8 Å². The van der Waals surface area contributed by atoms with E-state index in [2.05, 4.69) is 0 Å². The van der Waals surface area contributed by atoms with E-state index in [1.54, 1.807) is 17.0 Å². The smallest absolute Gasteiger partial charge is 0.306 e. The van der Waals surface area contributed by atoms with Gasteiger partial charge in [0.2, 0.25) is 5.91 Å². The van der Waals surface area contributed by atoms with Gasteiger partial charge in [-0.05, 0) is 30.9 Å². The zero-order chi connectivity index (χ0) is 16.8. The van der Waals surface area contributed by atoms with Crippen molar-refractivity contribution in [2.24, 2.45) is 11.8 Å². The Hall–Kier alpha value is -1.75. The average Bonchev–Trinajstić information content (AvgIpc) is 2.52. The molecule has 126 valence electrons. The molecule has 0 radical (unpaired) electrons. The maximum Gasteiger partial charge on any atom is 0.306 e. The number of carbonyl (C=O) groups is 2. The Morgan fingerprint density at radius 2 is 2.13 bits per heavy atom. The molecule has 1 aliphatic heterocycles. The predicted molar refractivity (Wildman–Crippen MR) is 87.7 cm³/mol. The zero-order valence-corrected chi connectivity index (χ0v) is 14.0. The molecular formula is C17H22ClNO4. The summed E-state index contributed by atoms with van der Waals surface area (Å²) in [5, 5.41) is 9.67. The lowest BCUT2D eigenvalue weighted by molar-refractivity contribution is -0.148. The van der Waals surface area contributed by atoms with Crippen LogP contribution in [0.25, 0.3) is 0 Å². The maximum absolute atomic E-state index is 12.2. The van der Waals surface area contributed by atoms with Gasteiger partial charge in [-0.25, -0.2) is 0 Å². The summed E-state index contributed by atoms with van der Waals surface area (Å²) in [5.41, 5.74) is 0. The van der Waals surface area contributed by atoms with E-state index in [0.717, 1.165) is 0 Å². The van der Waals surface area contributed by atoms with Crippen LogP contribution in [0.15, 0.2) is 24.3 Å². The number of amides is 1. The van der Waals surface area contributed by atoms with Gasteiger partial charge in [0, 0.05) is 19.5 Å². The Kier molecular flexibility index (Phi) is 6.28. The highest BCUT2D eigenvalue weighted by atomic mass is 35.5. The van der Waals surface area contributed by atoms with Gasteiger partial charge >= 0.3 is 5.97 Å². The second kappa shape index (κ2) is 8.20. The van der Waals surface area contributed by atoms with Gasteiger partial charge in [0.05, 0.1) is 17.5 Å². The minimum absolute atomic E-state index is 0.00965. The Morgan fingerprint density at radius 3 is 2.78 bits per heavy atom. The molecule has 2 atom stereocenters. The van der Waals surface area contributed by atoms with Crippen LogP contribution < -0.4 is 4.74 Å². The highest BCUT2D eigenvalue weighted by Gasteiger charge is 2.32. The highest BCUT2D eigenvalue weighted by Crippen LogP contribution is 2.25. The molecule has 0 aliphatic carbocycles. The number of aliphatic carboxylic acids is 1. The molecule has 1 fully saturated rings. The molecule has 1 amide bonds. The minimum Gasteiger partial charge on any atom is -0.492 e. The van der Waals surface area contributed by atoms with Crippen LogP contribution in [0.4, 0.5) is 0 Å². The quantitative estimate of drug-likeness (QED) is 0.809. The first-order chi connectivity index (χ1) is 11.0. The van der Waals surface area contributed by atoms with Gasteiger partial charge in [-0.2, -0.15) is 0 Å². The number of carbonyl (C=O) groups excluding carboxylic acids is 1. The van der Waals surface area contributed by atoms with Gasteiger partial charge in [-0.15, -0.1) is 0 Å². The van der Waals surface area contributed by atoms with Crippen molar-refractivity contribution < 1.29 is 19.4 Å². The third-order valence-electron chi connectivity index (χ3n) is 4.20. The molecule has 1 aliphatic rings. The number of nitrogens with zero attached hydrogens (tertiary/aromatic N) is 1. The van der Waals surface area contributed by atoms with Crippen LogP contribution in [0.2, 0.25) is 5.02 Å². The van der Waals surface area contributed by atoms with Crippen molar-refractivity contribution in [1.82, 2.24) is 4.90 Å². The van der Waals surface area contributed by atoms with Crippen LogP contribution >= 0.6 is 11.6 Å². The van der Waals surface area contributed by atoms with E-state index >= 15 is 0 Å². The lowest BCUT2D eigenvalue weighted by atomic mass is 9.87. The number of rotatable bonds is 6. The van der Waals surface area contributed by atoms with Crippen LogP contribution in [-0.4, -0.2) is 41.6 Å². The molecule has 1 aromatic carbocycles. The van der Waals surface area contributed by atoms with Crippen molar-refractivity contribution in [3.05, 3.63) is 29.3 Å². The van der Waals surface area contributed by atoms with Gasteiger partial charge in [0.25, 0.3) is 0 Å². The number of likely N-dealkylation sites (tertiary alicyclic amines) is 1. The molecule has 1 heterocycles. The fraction of sp³-hybridized carbons (Fsp3) is 0.529. The first-order valence-corrected chi connectivity index (χ1v) is 8.24. The lowest BCUT2D eigenvalue weighted by Gasteiger charge is -2.35. The van der Waals surface area contributed by atoms with Crippen LogP contribution in [0.1, 0.15) is 26.2 Å². The summed E-state index contributed by atoms with van der Waals surface area (Å²) in [6, 6.07) is 7.24. The SMILES string of the molecule is CC1CN(C(=O)CCCOc2ccccc2Cl)CCC1C(=O)O. The molecule has 2 rings (SSSR count). The molecule has 1 saturated heterocycles. The number of carboxylic acid groups (broad SMARTS) is 1. The predicted octanol–water partition coefficient (Wildman–Crippen LogP) is 3.07. The van der Waals surface area contributed by atoms with E-state index in [1.165, 1.54) is 0 Å². The Balaban J connectivity index is 1.71. The van der Waals surface area contributed by atoms with Crippen molar-refractivity contribution in [3.8, 4) is 5.75 Å². The molecule has 6 heteroatoms. The molecule has 0 bridgehead atoms. The lowest BCUT2D eigenvalue weighted by Crippen LogP contribution is -2.45. The fourth-order valence-corrected chi connectivity index (χ4v) is 3.05. The summed E-state index contributed by atoms with van der Waals surface area (Å²) in [6.45, 7) is 3.35. The molecule has 1 aromatic rings. The number of carboxylic acids is 1.